The van der Waals surface area contributed by atoms with E-state index in [1.807, 2.05) is 0 Å². The molecule has 0 aliphatic rings. The van der Waals surface area contributed by atoms with Gasteiger partial charge in [0.05, 0.1) is 17.3 Å². The predicted octanol–water partition coefficient (Wildman–Crippen LogP) is 2.03. The van der Waals surface area contributed by atoms with Gasteiger partial charge in [0, 0.05) is 5.02 Å². The quantitative estimate of drug-likeness (QED) is 0.877. The summed E-state index contributed by atoms with van der Waals surface area (Å²) in [5.74, 6) is 0.570. The molecule has 2 rings (SSSR count). The highest BCUT2D eigenvalue weighted by Crippen LogP contribution is 2.23. The standard InChI is InChI=1S/C9H8Cl2N4/c10-6-1-2-8(7(11)3-6)15-5-13-9(4-12)14-15/h1-3,5H,4,12H2. The second-order valence-corrected chi connectivity index (χ2v) is 3.75. The minimum atomic E-state index is 0.304. The average Bonchev–Trinajstić information content (AvgIpc) is 2.66. The van der Waals surface area contributed by atoms with Gasteiger partial charge < -0.3 is 5.73 Å². The van der Waals surface area contributed by atoms with Crippen molar-refractivity contribution >= 4 is 23.2 Å². The molecular formula is C9H8Cl2N4. The third-order valence-corrected chi connectivity index (χ3v) is 2.42. The molecule has 0 amide bonds. The number of nitrogens with two attached hydrogens (primary N) is 1. The molecule has 2 N–H and O–H groups in total. The van der Waals surface area contributed by atoms with Crippen LogP contribution in [0.3, 0.4) is 0 Å². The maximum Gasteiger partial charge on any atom is 0.164 e. The first-order chi connectivity index (χ1) is 7.20. The molecule has 1 aromatic heterocycles. The third-order valence-electron chi connectivity index (χ3n) is 1.88. The van der Waals surface area contributed by atoms with Gasteiger partial charge in [-0.15, -0.1) is 5.10 Å². The van der Waals surface area contributed by atoms with Crippen LogP contribution in [0.2, 0.25) is 10.0 Å². The van der Waals surface area contributed by atoms with E-state index in [0.29, 0.717) is 22.4 Å². The van der Waals surface area contributed by atoms with Crippen LogP contribution in [0.1, 0.15) is 5.82 Å². The van der Waals surface area contributed by atoms with E-state index in [0.717, 1.165) is 5.69 Å². The van der Waals surface area contributed by atoms with Gasteiger partial charge in [-0.1, -0.05) is 23.2 Å². The average molecular weight is 243 g/mol. The van der Waals surface area contributed by atoms with Crippen molar-refractivity contribution in [3.8, 4) is 5.69 Å². The zero-order valence-corrected chi connectivity index (χ0v) is 9.20. The van der Waals surface area contributed by atoms with Crippen molar-refractivity contribution in [2.24, 2.45) is 5.73 Å². The molecular weight excluding hydrogens is 235 g/mol. The van der Waals surface area contributed by atoms with E-state index in [2.05, 4.69) is 10.1 Å². The van der Waals surface area contributed by atoms with Crippen molar-refractivity contribution < 1.29 is 0 Å². The number of rotatable bonds is 2. The lowest BCUT2D eigenvalue weighted by atomic mass is 10.3. The number of aromatic nitrogens is 3. The van der Waals surface area contributed by atoms with Crippen molar-refractivity contribution in [1.29, 1.82) is 0 Å². The number of hydrogen-bond acceptors (Lipinski definition) is 3. The first-order valence-electron chi connectivity index (χ1n) is 4.27. The molecule has 0 spiro atoms. The van der Waals surface area contributed by atoms with Gasteiger partial charge in [-0.3, -0.25) is 0 Å². The molecule has 0 saturated heterocycles. The van der Waals surface area contributed by atoms with Crippen LogP contribution in [-0.2, 0) is 6.54 Å². The highest BCUT2D eigenvalue weighted by atomic mass is 35.5. The Kier molecular flexibility index (Phi) is 2.90. The maximum atomic E-state index is 6.01. The fourth-order valence-corrected chi connectivity index (χ4v) is 1.67. The van der Waals surface area contributed by atoms with Gasteiger partial charge in [0.25, 0.3) is 0 Å². The fraction of sp³-hybridized carbons (Fsp3) is 0.111. The van der Waals surface area contributed by atoms with Crippen LogP contribution in [-0.4, -0.2) is 14.8 Å². The van der Waals surface area contributed by atoms with Gasteiger partial charge in [0.1, 0.15) is 6.33 Å². The van der Waals surface area contributed by atoms with Crippen LogP contribution in [0.25, 0.3) is 5.69 Å². The van der Waals surface area contributed by atoms with Crippen LogP contribution in [0.5, 0.6) is 0 Å². The number of nitrogens with zero attached hydrogens (tertiary/aromatic N) is 3. The zero-order valence-electron chi connectivity index (χ0n) is 7.69. The molecule has 0 aliphatic carbocycles. The number of hydrogen-bond donors (Lipinski definition) is 1. The maximum absolute atomic E-state index is 6.01. The van der Waals surface area contributed by atoms with E-state index in [1.165, 1.54) is 0 Å². The van der Waals surface area contributed by atoms with Crippen LogP contribution >= 0.6 is 23.2 Å². The summed E-state index contributed by atoms with van der Waals surface area (Å²) < 4.78 is 1.57. The Balaban J connectivity index is 2.44. The number of benzene rings is 1. The zero-order chi connectivity index (χ0) is 10.8. The van der Waals surface area contributed by atoms with Gasteiger partial charge in [0.15, 0.2) is 5.82 Å². The van der Waals surface area contributed by atoms with Crippen molar-refractivity contribution in [3.05, 3.63) is 40.4 Å². The molecule has 0 saturated carbocycles. The minimum absolute atomic E-state index is 0.304. The Morgan fingerprint density at radius 2 is 2.13 bits per heavy atom. The summed E-state index contributed by atoms with van der Waals surface area (Å²) in [7, 11) is 0. The Bertz CT molecular complexity index is 481. The largest absolute Gasteiger partial charge is 0.324 e. The van der Waals surface area contributed by atoms with Crippen molar-refractivity contribution in [2.75, 3.05) is 0 Å². The molecule has 0 bridgehead atoms. The second-order valence-electron chi connectivity index (χ2n) is 2.91. The lowest BCUT2D eigenvalue weighted by molar-refractivity contribution is 0.831. The Morgan fingerprint density at radius 1 is 1.33 bits per heavy atom. The van der Waals surface area contributed by atoms with E-state index in [1.54, 1.807) is 29.2 Å². The van der Waals surface area contributed by atoms with Crippen molar-refractivity contribution in [3.63, 3.8) is 0 Å². The molecule has 1 heterocycles. The van der Waals surface area contributed by atoms with Gasteiger partial charge in [-0.25, -0.2) is 9.67 Å². The van der Waals surface area contributed by atoms with E-state index in [-0.39, 0.29) is 0 Å². The molecule has 0 unspecified atom stereocenters. The van der Waals surface area contributed by atoms with Crippen LogP contribution in [0, 0.1) is 0 Å². The summed E-state index contributed by atoms with van der Waals surface area (Å²) in [5.41, 5.74) is 6.14. The van der Waals surface area contributed by atoms with Crippen LogP contribution in [0.15, 0.2) is 24.5 Å². The van der Waals surface area contributed by atoms with Gasteiger partial charge in [0.2, 0.25) is 0 Å². The van der Waals surface area contributed by atoms with Gasteiger partial charge in [-0.05, 0) is 18.2 Å². The molecule has 0 atom stereocenters. The number of halogens is 2. The van der Waals surface area contributed by atoms with Crippen LogP contribution < -0.4 is 5.73 Å². The summed E-state index contributed by atoms with van der Waals surface area (Å²) in [6.07, 6.45) is 1.57. The lowest BCUT2D eigenvalue weighted by Crippen LogP contribution is -2.01. The fourth-order valence-electron chi connectivity index (χ4n) is 1.17. The molecule has 78 valence electrons. The predicted molar refractivity (Wildman–Crippen MR) is 59.3 cm³/mol. The normalized spacial score (nSPS) is 10.6. The molecule has 2 aromatic rings. The van der Waals surface area contributed by atoms with E-state index in [9.17, 15) is 0 Å². The summed E-state index contributed by atoms with van der Waals surface area (Å²) in [4.78, 5) is 4.01. The summed E-state index contributed by atoms with van der Waals surface area (Å²) >= 11 is 11.8. The Morgan fingerprint density at radius 3 is 2.73 bits per heavy atom. The first kappa shape index (κ1) is 10.4. The smallest absolute Gasteiger partial charge is 0.164 e. The summed E-state index contributed by atoms with van der Waals surface area (Å²) in [6.45, 7) is 0.304. The van der Waals surface area contributed by atoms with Crippen molar-refractivity contribution in [1.82, 2.24) is 14.8 Å². The molecule has 0 aliphatic heterocycles. The van der Waals surface area contributed by atoms with E-state index >= 15 is 0 Å². The first-order valence-corrected chi connectivity index (χ1v) is 5.02. The monoisotopic (exact) mass is 242 g/mol. The van der Waals surface area contributed by atoms with Crippen LogP contribution in [0.4, 0.5) is 0 Å². The topological polar surface area (TPSA) is 56.7 Å². The Hall–Kier alpha value is -1.10. The van der Waals surface area contributed by atoms with E-state index in [4.69, 9.17) is 28.9 Å². The molecule has 0 fully saturated rings. The van der Waals surface area contributed by atoms with Gasteiger partial charge >= 0.3 is 0 Å². The van der Waals surface area contributed by atoms with E-state index < -0.39 is 0 Å². The molecule has 15 heavy (non-hydrogen) atoms. The highest BCUT2D eigenvalue weighted by molar-refractivity contribution is 6.35. The van der Waals surface area contributed by atoms with Gasteiger partial charge in [-0.2, -0.15) is 0 Å². The Labute approximate surface area is 96.6 Å². The highest BCUT2D eigenvalue weighted by Gasteiger charge is 2.05. The molecule has 4 nitrogen and oxygen atoms in total. The summed E-state index contributed by atoms with van der Waals surface area (Å²) in [5, 5.41) is 5.25. The van der Waals surface area contributed by atoms with Crippen molar-refractivity contribution in [2.45, 2.75) is 6.54 Å². The minimum Gasteiger partial charge on any atom is -0.324 e. The summed E-state index contributed by atoms with van der Waals surface area (Å²) in [6, 6.07) is 5.18. The second kappa shape index (κ2) is 4.18. The molecule has 1 aromatic carbocycles. The SMILES string of the molecule is NCc1ncn(-c2ccc(Cl)cc2Cl)n1. The third kappa shape index (κ3) is 2.12. The molecule has 6 heteroatoms. The lowest BCUT2D eigenvalue weighted by Gasteiger charge is -2.02. The molecule has 0 radical (unpaired) electrons.